The molecule has 0 aromatic heterocycles. The highest BCUT2D eigenvalue weighted by atomic mass is 16.4. The van der Waals surface area contributed by atoms with E-state index in [1.165, 1.54) is 0 Å². The third-order valence-corrected chi connectivity index (χ3v) is 5.17. The molecule has 4 aromatic carbocycles. The van der Waals surface area contributed by atoms with Crippen LogP contribution >= 0.6 is 0 Å². The summed E-state index contributed by atoms with van der Waals surface area (Å²) in [6, 6.07) is 26.0. The Bertz CT molecular complexity index is 1130. The maximum absolute atomic E-state index is 10.8. The number of anilines is 1. The summed E-state index contributed by atoms with van der Waals surface area (Å²) < 4.78 is 0. The highest BCUT2D eigenvalue weighted by molar-refractivity contribution is 5.95. The maximum Gasteiger partial charge on any atom is 0.325 e. The minimum absolute atomic E-state index is 0.358. The zero-order valence-corrected chi connectivity index (χ0v) is 17.7. The number of carboxylic acids is 2. The molecule has 0 aliphatic carbocycles. The first-order valence-electron chi connectivity index (χ1n) is 10.3. The molecule has 0 spiro atoms. The molecule has 0 fully saturated rings. The molecular weight excluding hydrogens is 404 g/mol. The largest absolute Gasteiger partial charge is 0.480 e. The van der Waals surface area contributed by atoms with Gasteiger partial charge in [0.15, 0.2) is 0 Å². The molecule has 0 heterocycles. The van der Waals surface area contributed by atoms with E-state index in [0.717, 1.165) is 32.8 Å². The van der Waals surface area contributed by atoms with Crippen LogP contribution in [0.25, 0.3) is 21.5 Å². The Balaban J connectivity index is 0.000000181. The van der Waals surface area contributed by atoms with E-state index in [2.05, 4.69) is 5.32 Å². The Morgan fingerprint density at radius 2 is 1.31 bits per heavy atom. The van der Waals surface area contributed by atoms with Crippen LogP contribution in [0.15, 0.2) is 84.9 Å². The molecule has 0 saturated heterocycles. The normalized spacial score (nSPS) is 12.4. The summed E-state index contributed by atoms with van der Waals surface area (Å²) in [6.07, 6.45) is 0.358. The van der Waals surface area contributed by atoms with Gasteiger partial charge in [0, 0.05) is 11.1 Å². The molecule has 0 radical (unpaired) electrons. The zero-order valence-electron chi connectivity index (χ0n) is 17.7. The Hall–Kier alpha value is -3.90. The van der Waals surface area contributed by atoms with Crippen LogP contribution in [0.5, 0.6) is 0 Å². The summed E-state index contributed by atoms with van der Waals surface area (Å²) in [4.78, 5) is 21.5. The van der Waals surface area contributed by atoms with Crippen LogP contribution in [0.3, 0.4) is 0 Å². The van der Waals surface area contributed by atoms with Crippen LogP contribution in [0.1, 0.15) is 12.5 Å². The number of rotatable bonds is 6. The average molecular weight is 431 g/mol. The van der Waals surface area contributed by atoms with Crippen molar-refractivity contribution < 1.29 is 19.8 Å². The number of aliphatic carboxylic acids is 2. The summed E-state index contributed by atoms with van der Waals surface area (Å²) in [5.41, 5.74) is 7.37. The number of nitrogens with two attached hydrogens (primary N) is 1. The van der Waals surface area contributed by atoms with Crippen LogP contribution in [-0.2, 0) is 16.0 Å². The highest BCUT2D eigenvalue weighted by Gasteiger charge is 2.13. The van der Waals surface area contributed by atoms with Crippen molar-refractivity contribution in [3.8, 4) is 0 Å². The predicted octanol–water partition coefficient (Wildman–Crippen LogP) is 4.52. The van der Waals surface area contributed by atoms with Crippen molar-refractivity contribution in [3.63, 3.8) is 0 Å². The lowest BCUT2D eigenvalue weighted by molar-refractivity contribution is -0.139. The summed E-state index contributed by atoms with van der Waals surface area (Å²) >= 11 is 0. The van der Waals surface area contributed by atoms with Gasteiger partial charge < -0.3 is 21.3 Å². The van der Waals surface area contributed by atoms with Crippen molar-refractivity contribution >= 4 is 39.2 Å². The fourth-order valence-corrected chi connectivity index (χ4v) is 3.44. The molecule has 164 valence electrons. The van der Waals surface area contributed by atoms with Gasteiger partial charge in [0.2, 0.25) is 0 Å². The van der Waals surface area contributed by atoms with Crippen LogP contribution in [0.2, 0.25) is 0 Å². The quantitative estimate of drug-likeness (QED) is 0.358. The van der Waals surface area contributed by atoms with Crippen molar-refractivity contribution in [2.75, 3.05) is 5.32 Å². The molecule has 2 atom stereocenters. The Morgan fingerprint density at radius 1 is 0.781 bits per heavy atom. The smallest absolute Gasteiger partial charge is 0.325 e. The van der Waals surface area contributed by atoms with Gasteiger partial charge in [-0.05, 0) is 41.1 Å². The Kier molecular flexibility index (Phi) is 7.41. The van der Waals surface area contributed by atoms with Crippen molar-refractivity contribution in [3.05, 3.63) is 90.5 Å². The number of hydrogen-bond acceptors (Lipinski definition) is 4. The molecule has 0 bridgehead atoms. The first kappa shape index (κ1) is 22.8. The van der Waals surface area contributed by atoms with E-state index in [0.29, 0.717) is 6.42 Å². The number of nitrogens with one attached hydrogen (secondary N) is 1. The van der Waals surface area contributed by atoms with Crippen LogP contribution in [0.4, 0.5) is 5.69 Å². The first-order chi connectivity index (χ1) is 15.4. The van der Waals surface area contributed by atoms with Crippen molar-refractivity contribution in [1.82, 2.24) is 0 Å². The number of hydrogen-bond donors (Lipinski definition) is 4. The van der Waals surface area contributed by atoms with E-state index < -0.39 is 24.0 Å². The van der Waals surface area contributed by atoms with Gasteiger partial charge in [-0.3, -0.25) is 9.59 Å². The zero-order chi connectivity index (χ0) is 23.1. The minimum atomic E-state index is -0.965. The van der Waals surface area contributed by atoms with Crippen molar-refractivity contribution in [2.24, 2.45) is 5.73 Å². The van der Waals surface area contributed by atoms with Gasteiger partial charge in [-0.2, -0.15) is 0 Å². The third kappa shape index (κ3) is 5.62. The molecule has 0 aliphatic rings. The summed E-state index contributed by atoms with van der Waals surface area (Å²) in [5.74, 6) is -1.82. The molecule has 5 N–H and O–H groups in total. The van der Waals surface area contributed by atoms with Crippen molar-refractivity contribution in [2.45, 2.75) is 25.4 Å². The molecule has 4 aromatic rings. The molecule has 0 saturated carbocycles. The van der Waals surface area contributed by atoms with Gasteiger partial charge in [0.1, 0.15) is 12.1 Å². The lowest BCUT2D eigenvalue weighted by Crippen LogP contribution is -2.32. The second-order valence-corrected chi connectivity index (χ2v) is 7.52. The third-order valence-electron chi connectivity index (χ3n) is 5.17. The summed E-state index contributed by atoms with van der Waals surface area (Å²) in [5, 5.41) is 24.9. The fraction of sp³-hybridized carbons (Fsp3) is 0.154. The van der Waals surface area contributed by atoms with Gasteiger partial charge >= 0.3 is 11.9 Å². The fourth-order valence-electron chi connectivity index (χ4n) is 3.44. The van der Waals surface area contributed by atoms with Gasteiger partial charge in [0.05, 0.1) is 0 Å². The molecule has 0 amide bonds. The van der Waals surface area contributed by atoms with E-state index in [1.54, 1.807) is 6.92 Å². The predicted molar refractivity (Wildman–Crippen MR) is 128 cm³/mol. The lowest BCUT2D eigenvalue weighted by Gasteiger charge is -2.12. The average Bonchev–Trinajstić information content (AvgIpc) is 2.80. The van der Waals surface area contributed by atoms with E-state index >= 15 is 0 Å². The highest BCUT2D eigenvalue weighted by Crippen LogP contribution is 2.23. The molecule has 6 heteroatoms. The molecule has 0 aliphatic heterocycles. The van der Waals surface area contributed by atoms with Crippen LogP contribution < -0.4 is 11.1 Å². The van der Waals surface area contributed by atoms with E-state index in [9.17, 15) is 9.59 Å². The van der Waals surface area contributed by atoms with Crippen LogP contribution in [0, 0.1) is 0 Å². The monoisotopic (exact) mass is 430 g/mol. The second-order valence-electron chi connectivity index (χ2n) is 7.52. The van der Waals surface area contributed by atoms with E-state index in [1.807, 2.05) is 84.9 Å². The number of benzene rings is 4. The number of carbonyl (C=O) groups is 2. The summed E-state index contributed by atoms with van der Waals surface area (Å²) in [6.45, 7) is 1.63. The molecule has 32 heavy (non-hydrogen) atoms. The summed E-state index contributed by atoms with van der Waals surface area (Å²) in [7, 11) is 0. The number of fused-ring (bicyclic) bond motifs is 2. The van der Waals surface area contributed by atoms with Gasteiger partial charge in [-0.25, -0.2) is 0 Å². The number of carboxylic acid groups (broad SMARTS) is 2. The van der Waals surface area contributed by atoms with Gasteiger partial charge in [0.25, 0.3) is 0 Å². The SMILES string of the molecule is CC(Nc1cccc2ccccc12)C(=O)O.NC(Cc1cccc2ccccc12)C(=O)O. The lowest BCUT2D eigenvalue weighted by atomic mass is 9.99. The van der Waals surface area contributed by atoms with Crippen molar-refractivity contribution in [1.29, 1.82) is 0 Å². The Morgan fingerprint density at radius 3 is 1.94 bits per heavy atom. The van der Waals surface area contributed by atoms with Gasteiger partial charge in [-0.15, -0.1) is 0 Å². The molecule has 4 rings (SSSR count). The molecular formula is C26H26N2O4. The molecule has 6 nitrogen and oxygen atoms in total. The van der Waals surface area contributed by atoms with Gasteiger partial charge in [-0.1, -0.05) is 78.9 Å². The minimum Gasteiger partial charge on any atom is -0.480 e. The standard InChI is InChI=1S/2C13H13NO2/c1-9(13(15)16)14-12-8-4-6-10-5-2-3-7-11(10)12;14-12(13(15)16)8-10-6-3-5-9-4-1-2-7-11(9)10/h2-9,14H,1H3,(H,15,16);1-7,12H,8,14H2,(H,15,16). The topological polar surface area (TPSA) is 113 Å². The van der Waals surface area contributed by atoms with Crippen LogP contribution in [-0.4, -0.2) is 34.2 Å². The molecule has 2 unspecified atom stereocenters. The second kappa shape index (κ2) is 10.4. The Labute approximate surface area is 186 Å². The van der Waals surface area contributed by atoms with E-state index in [4.69, 9.17) is 15.9 Å². The maximum atomic E-state index is 10.8. The van der Waals surface area contributed by atoms with E-state index in [-0.39, 0.29) is 0 Å². The first-order valence-corrected chi connectivity index (χ1v) is 10.3.